The number of allylic oxidation sites excluding steroid dienone is 1. The minimum atomic E-state index is -0.658. The first kappa shape index (κ1) is 19.9. The molecule has 158 valence electrons. The zero-order valence-corrected chi connectivity index (χ0v) is 17.5. The fourth-order valence-electron chi connectivity index (χ4n) is 4.04. The fraction of sp³-hybridized carbons (Fsp3) is 0.429. The Balaban J connectivity index is 1.61. The van der Waals surface area contributed by atoms with E-state index in [0.717, 1.165) is 16.8 Å². The second kappa shape index (κ2) is 7.47. The number of likely N-dealkylation sites (N-methyl/N-ethyl adjacent to an activating group) is 1. The summed E-state index contributed by atoms with van der Waals surface area (Å²) in [4.78, 5) is 49.2. The maximum atomic E-state index is 13.4. The van der Waals surface area contributed by atoms with Crippen molar-refractivity contribution in [1.29, 1.82) is 0 Å². The second-order valence-corrected chi connectivity index (χ2v) is 7.60. The van der Waals surface area contributed by atoms with Gasteiger partial charge in [0, 0.05) is 18.9 Å². The molecule has 0 aliphatic carbocycles. The molecule has 2 atom stereocenters. The number of rotatable bonds is 5. The van der Waals surface area contributed by atoms with Crippen LogP contribution in [-0.2, 0) is 20.9 Å². The third kappa shape index (κ3) is 3.10. The molecule has 3 aliphatic rings. The van der Waals surface area contributed by atoms with E-state index in [-0.39, 0.29) is 31.0 Å². The Morgan fingerprint density at radius 2 is 1.90 bits per heavy atom. The quantitative estimate of drug-likeness (QED) is 0.683. The summed E-state index contributed by atoms with van der Waals surface area (Å²) in [6.07, 6.45) is 1.16. The van der Waals surface area contributed by atoms with Crippen LogP contribution in [0.15, 0.2) is 41.2 Å². The van der Waals surface area contributed by atoms with Gasteiger partial charge in [-0.05, 0) is 31.9 Å². The van der Waals surface area contributed by atoms with Crippen molar-refractivity contribution in [1.82, 2.24) is 19.6 Å². The van der Waals surface area contributed by atoms with Gasteiger partial charge in [-0.25, -0.2) is 9.79 Å². The highest BCUT2D eigenvalue weighted by Gasteiger charge is 2.54. The summed E-state index contributed by atoms with van der Waals surface area (Å²) in [7, 11) is 1.65. The summed E-state index contributed by atoms with van der Waals surface area (Å²) in [6, 6.07) is 6.65. The van der Waals surface area contributed by atoms with Crippen molar-refractivity contribution in [2.24, 2.45) is 4.99 Å². The maximum absolute atomic E-state index is 13.4. The lowest BCUT2D eigenvalue weighted by atomic mass is 10.1. The minimum absolute atomic E-state index is 0.00369. The first-order valence-electron chi connectivity index (χ1n) is 9.94. The van der Waals surface area contributed by atoms with Crippen molar-refractivity contribution >= 4 is 23.9 Å². The summed E-state index contributed by atoms with van der Waals surface area (Å²) in [6.45, 7) is 6.06. The number of hydrogen-bond acceptors (Lipinski definition) is 7. The zero-order valence-electron chi connectivity index (χ0n) is 17.5. The Hall–Kier alpha value is -3.36. The van der Waals surface area contributed by atoms with Gasteiger partial charge in [0.05, 0.1) is 13.2 Å². The highest BCUT2D eigenvalue weighted by molar-refractivity contribution is 6.05. The molecule has 3 amide bonds. The van der Waals surface area contributed by atoms with Gasteiger partial charge >= 0.3 is 12.0 Å². The molecule has 0 spiro atoms. The Bertz CT molecular complexity index is 972. The van der Waals surface area contributed by atoms with Crippen LogP contribution < -0.4 is 0 Å². The molecule has 1 saturated heterocycles. The van der Waals surface area contributed by atoms with E-state index in [4.69, 9.17) is 4.74 Å². The van der Waals surface area contributed by atoms with E-state index >= 15 is 0 Å². The number of carbonyl (C=O) groups excluding carboxylic acids is 3. The van der Waals surface area contributed by atoms with E-state index in [9.17, 15) is 14.4 Å². The number of hydrogen-bond donors (Lipinski definition) is 0. The number of fused-ring (bicyclic) bond motifs is 3. The monoisotopic (exact) mass is 411 g/mol. The van der Waals surface area contributed by atoms with Crippen molar-refractivity contribution in [3.05, 3.63) is 47.3 Å². The van der Waals surface area contributed by atoms with Crippen molar-refractivity contribution in [2.75, 3.05) is 20.2 Å². The third-order valence-corrected chi connectivity index (χ3v) is 5.68. The molecular weight excluding hydrogens is 386 g/mol. The standard InChI is InChI=1S/C21H25N5O4/c1-5-30-16(27)12-24-14(3)10-25-17-18(22-20(24)25)23(4)21(29)26(19(17)28)11-15-9-7-6-8-13(15)2/h6-10,17-18H,5,11-12H2,1-4H3. The molecule has 0 radical (unpaired) electrons. The molecule has 9 heteroatoms. The topological polar surface area (TPSA) is 85.8 Å². The molecule has 0 bridgehead atoms. The van der Waals surface area contributed by atoms with Gasteiger partial charge in [0.2, 0.25) is 5.96 Å². The predicted molar refractivity (Wildman–Crippen MR) is 109 cm³/mol. The van der Waals surface area contributed by atoms with Crippen LogP contribution in [0.1, 0.15) is 25.0 Å². The zero-order chi connectivity index (χ0) is 21.6. The van der Waals surface area contributed by atoms with Crippen LogP contribution in [0.2, 0.25) is 0 Å². The first-order valence-corrected chi connectivity index (χ1v) is 9.94. The van der Waals surface area contributed by atoms with Crippen LogP contribution >= 0.6 is 0 Å². The Morgan fingerprint density at radius 1 is 1.17 bits per heavy atom. The van der Waals surface area contributed by atoms with E-state index in [1.54, 1.807) is 30.0 Å². The van der Waals surface area contributed by atoms with Crippen LogP contribution in [0.25, 0.3) is 0 Å². The number of urea groups is 1. The van der Waals surface area contributed by atoms with Gasteiger partial charge in [0.1, 0.15) is 6.54 Å². The molecule has 1 aromatic carbocycles. The Morgan fingerprint density at radius 3 is 2.60 bits per heavy atom. The van der Waals surface area contributed by atoms with E-state index in [2.05, 4.69) is 4.99 Å². The highest BCUT2D eigenvalue weighted by Crippen LogP contribution is 2.34. The molecule has 0 N–H and O–H groups in total. The average Bonchev–Trinajstić information content (AvgIpc) is 3.21. The maximum Gasteiger partial charge on any atom is 0.328 e. The minimum Gasteiger partial charge on any atom is -0.465 e. The number of guanidine groups is 1. The predicted octanol–water partition coefficient (Wildman–Crippen LogP) is 1.50. The van der Waals surface area contributed by atoms with E-state index in [0.29, 0.717) is 12.6 Å². The van der Waals surface area contributed by atoms with Gasteiger partial charge < -0.3 is 19.4 Å². The van der Waals surface area contributed by atoms with E-state index < -0.39 is 12.2 Å². The van der Waals surface area contributed by atoms with Gasteiger partial charge in [-0.15, -0.1) is 0 Å². The molecule has 0 aromatic heterocycles. The van der Waals surface area contributed by atoms with Gasteiger partial charge in [-0.2, -0.15) is 0 Å². The van der Waals surface area contributed by atoms with Crippen LogP contribution in [0.4, 0.5) is 4.79 Å². The summed E-state index contributed by atoms with van der Waals surface area (Å²) >= 11 is 0. The Kier molecular flexibility index (Phi) is 4.97. The molecule has 30 heavy (non-hydrogen) atoms. The number of aryl methyl sites for hydroxylation is 1. The number of esters is 1. The lowest BCUT2D eigenvalue weighted by Crippen LogP contribution is -2.63. The normalized spacial score (nSPS) is 22.8. The number of aliphatic imine (C=N–C) groups is 1. The van der Waals surface area contributed by atoms with Crippen molar-refractivity contribution in [3.8, 4) is 0 Å². The van der Waals surface area contributed by atoms with Crippen LogP contribution in [0.3, 0.4) is 0 Å². The lowest BCUT2D eigenvalue weighted by molar-refractivity contribution is -0.143. The number of imide groups is 1. The number of amides is 3. The number of ether oxygens (including phenoxy) is 1. The van der Waals surface area contributed by atoms with E-state index in [1.165, 1.54) is 9.80 Å². The SMILES string of the molecule is CCOC(=O)CN1C(C)=CN2C1=NC1C2C(=O)N(Cc2ccccc2C)C(=O)N1C. The van der Waals surface area contributed by atoms with Gasteiger partial charge in [-0.1, -0.05) is 24.3 Å². The summed E-state index contributed by atoms with van der Waals surface area (Å²) in [5.74, 6) is -0.185. The molecule has 3 heterocycles. The molecular formula is C21H25N5O4. The van der Waals surface area contributed by atoms with Crippen LogP contribution in [0, 0.1) is 6.92 Å². The fourth-order valence-corrected chi connectivity index (χ4v) is 4.04. The molecule has 1 aromatic rings. The van der Waals surface area contributed by atoms with Crippen molar-refractivity contribution < 1.29 is 19.1 Å². The third-order valence-electron chi connectivity index (χ3n) is 5.68. The molecule has 2 unspecified atom stereocenters. The molecule has 1 fully saturated rings. The lowest BCUT2D eigenvalue weighted by Gasteiger charge is -2.40. The summed E-state index contributed by atoms with van der Waals surface area (Å²) in [5, 5.41) is 0. The van der Waals surface area contributed by atoms with Crippen LogP contribution in [-0.4, -0.2) is 75.9 Å². The number of benzene rings is 1. The largest absolute Gasteiger partial charge is 0.465 e. The van der Waals surface area contributed by atoms with Crippen molar-refractivity contribution in [2.45, 2.75) is 39.5 Å². The van der Waals surface area contributed by atoms with Crippen molar-refractivity contribution in [3.63, 3.8) is 0 Å². The second-order valence-electron chi connectivity index (χ2n) is 7.60. The molecule has 4 rings (SSSR count). The summed E-state index contributed by atoms with van der Waals surface area (Å²) in [5.41, 5.74) is 2.73. The van der Waals surface area contributed by atoms with E-state index in [1.807, 2.05) is 38.1 Å². The smallest absolute Gasteiger partial charge is 0.328 e. The Labute approximate surface area is 175 Å². The number of carbonyl (C=O) groups is 3. The van der Waals surface area contributed by atoms with Gasteiger partial charge in [0.25, 0.3) is 5.91 Å². The number of nitrogens with zero attached hydrogens (tertiary/aromatic N) is 5. The molecule has 3 aliphatic heterocycles. The first-order chi connectivity index (χ1) is 14.3. The van der Waals surface area contributed by atoms with Crippen LogP contribution in [0.5, 0.6) is 0 Å². The molecule has 0 saturated carbocycles. The highest BCUT2D eigenvalue weighted by atomic mass is 16.5. The van der Waals surface area contributed by atoms with Gasteiger partial charge in [-0.3, -0.25) is 14.5 Å². The molecule has 9 nitrogen and oxygen atoms in total. The average molecular weight is 411 g/mol. The summed E-state index contributed by atoms with van der Waals surface area (Å²) < 4.78 is 5.05. The van der Waals surface area contributed by atoms with Gasteiger partial charge in [0.15, 0.2) is 12.2 Å².